The Balaban J connectivity index is 1.44. The van der Waals surface area contributed by atoms with Crippen LogP contribution in [-0.2, 0) is 11.3 Å². The maximum Gasteiger partial charge on any atom is 0.278 e. The highest BCUT2D eigenvalue weighted by atomic mass is 16.2. The monoisotopic (exact) mass is 370 g/mol. The fourth-order valence-electron chi connectivity index (χ4n) is 4.54. The average molecular weight is 371 g/mol. The zero-order valence-electron chi connectivity index (χ0n) is 16.8. The van der Waals surface area contributed by atoms with Crippen LogP contribution in [0.25, 0.3) is 0 Å². The van der Waals surface area contributed by atoms with E-state index in [1.165, 1.54) is 29.7 Å². The van der Waals surface area contributed by atoms with Crippen LogP contribution in [-0.4, -0.2) is 44.2 Å². The van der Waals surface area contributed by atoms with Gasteiger partial charge in [0.1, 0.15) is 32.7 Å². The van der Waals surface area contributed by atoms with Gasteiger partial charge >= 0.3 is 0 Å². The number of benzene rings is 1. The smallest absolute Gasteiger partial charge is 0.278 e. The number of quaternary nitrogens is 2. The van der Waals surface area contributed by atoms with Crippen molar-refractivity contribution in [1.29, 1.82) is 5.26 Å². The molecule has 1 aliphatic heterocycles. The van der Waals surface area contributed by atoms with Crippen LogP contribution in [0.4, 0.5) is 0 Å². The van der Waals surface area contributed by atoms with E-state index in [-0.39, 0.29) is 11.9 Å². The summed E-state index contributed by atoms with van der Waals surface area (Å²) >= 11 is 0. The molecule has 2 fully saturated rings. The number of hydrogen-bond acceptors (Lipinski definition) is 2. The molecule has 1 saturated heterocycles. The number of hydrogen-bond donors (Lipinski definition) is 3. The Morgan fingerprint density at radius 1 is 1.19 bits per heavy atom. The van der Waals surface area contributed by atoms with E-state index in [9.17, 15) is 4.79 Å². The normalized spacial score (nSPS) is 29.5. The topological polar surface area (TPSA) is 61.8 Å². The standard InChI is InChI=1S/C22H32N4O/c1-17-5-3-4-6-21(17)24-22(27)18(2)26-13-11-25(12-14-26)16-20-9-7-19(15-23)8-10-20/h7-10,17-18,21H,3-6,11-14,16H2,1-2H3,(H,24,27)/p+2/t17-,18-,21+/m1/s1. The summed E-state index contributed by atoms with van der Waals surface area (Å²) in [5.41, 5.74) is 2.00. The largest absolute Gasteiger partial charge is 0.348 e. The summed E-state index contributed by atoms with van der Waals surface area (Å²) in [6.07, 6.45) is 4.92. The maximum atomic E-state index is 12.7. The van der Waals surface area contributed by atoms with Crippen molar-refractivity contribution in [2.75, 3.05) is 26.2 Å². The van der Waals surface area contributed by atoms with Gasteiger partial charge in [0.05, 0.1) is 11.6 Å². The lowest BCUT2D eigenvalue weighted by Crippen LogP contribution is -3.29. The lowest BCUT2D eigenvalue weighted by molar-refractivity contribution is -1.02. The molecule has 1 aromatic carbocycles. The number of nitriles is 1. The summed E-state index contributed by atoms with van der Waals surface area (Å²) < 4.78 is 0. The molecule has 2 aliphatic rings. The maximum absolute atomic E-state index is 12.7. The van der Waals surface area contributed by atoms with Gasteiger partial charge in [-0.15, -0.1) is 0 Å². The van der Waals surface area contributed by atoms with Crippen LogP contribution < -0.4 is 15.1 Å². The van der Waals surface area contributed by atoms with Gasteiger partial charge in [-0.25, -0.2) is 0 Å². The summed E-state index contributed by atoms with van der Waals surface area (Å²) in [6.45, 7) is 9.62. The van der Waals surface area contributed by atoms with E-state index >= 15 is 0 Å². The van der Waals surface area contributed by atoms with E-state index < -0.39 is 0 Å². The number of rotatable bonds is 5. The molecule has 0 unspecified atom stereocenters. The number of amides is 1. The van der Waals surface area contributed by atoms with Crippen molar-refractivity contribution >= 4 is 5.91 Å². The summed E-state index contributed by atoms with van der Waals surface area (Å²) in [5, 5.41) is 12.2. The molecule has 5 heteroatoms. The fraction of sp³-hybridized carbons (Fsp3) is 0.636. The highest BCUT2D eigenvalue weighted by Crippen LogP contribution is 2.23. The number of nitrogens with zero attached hydrogens (tertiary/aromatic N) is 1. The third-order valence-electron chi connectivity index (χ3n) is 6.58. The second kappa shape index (κ2) is 9.34. The van der Waals surface area contributed by atoms with E-state index in [1.807, 2.05) is 12.1 Å². The Morgan fingerprint density at radius 2 is 1.85 bits per heavy atom. The molecule has 1 amide bonds. The van der Waals surface area contributed by atoms with Crippen molar-refractivity contribution in [2.45, 2.75) is 58.2 Å². The van der Waals surface area contributed by atoms with Gasteiger partial charge in [0, 0.05) is 11.6 Å². The van der Waals surface area contributed by atoms with Crippen molar-refractivity contribution in [3.63, 3.8) is 0 Å². The molecule has 27 heavy (non-hydrogen) atoms. The van der Waals surface area contributed by atoms with E-state index in [0.29, 0.717) is 12.0 Å². The molecular formula is C22H34N4O+2. The summed E-state index contributed by atoms with van der Waals surface area (Å²) in [4.78, 5) is 15.7. The molecule has 3 N–H and O–H groups in total. The van der Waals surface area contributed by atoms with Gasteiger partial charge in [-0.2, -0.15) is 5.26 Å². The predicted octanol–water partition coefficient (Wildman–Crippen LogP) is -0.0749. The number of carbonyl (C=O) groups is 1. The second-order valence-corrected chi connectivity index (χ2v) is 8.49. The number of carbonyl (C=O) groups excluding carboxylic acids is 1. The molecule has 1 aliphatic carbocycles. The van der Waals surface area contributed by atoms with Gasteiger partial charge in [0.25, 0.3) is 5.91 Å². The minimum absolute atomic E-state index is 0.0376. The van der Waals surface area contributed by atoms with Gasteiger partial charge in [0.15, 0.2) is 6.04 Å². The minimum atomic E-state index is 0.0376. The van der Waals surface area contributed by atoms with Crippen molar-refractivity contribution < 1.29 is 14.6 Å². The Labute approximate surface area is 163 Å². The molecule has 0 radical (unpaired) electrons. The zero-order valence-corrected chi connectivity index (χ0v) is 16.8. The third kappa shape index (κ3) is 5.31. The molecule has 146 valence electrons. The van der Waals surface area contributed by atoms with Crippen LogP contribution >= 0.6 is 0 Å². The molecule has 1 aromatic rings. The molecule has 1 heterocycles. The molecule has 3 atom stereocenters. The molecule has 0 spiro atoms. The SMILES string of the molecule is C[C@@H]1CCCC[C@@H]1NC(=O)[C@@H](C)[NH+]1CC[NH+](Cc2ccc(C#N)cc2)CC1. The summed E-state index contributed by atoms with van der Waals surface area (Å²) in [6, 6.07) is 10.5. The number of piperazine rings is 1. The van der Waals surface area contributed by atoms with Crippen molar-refractivity contribution in [2.24, 2.45) is 5.92 Å². The van der Waals surface area contributed by atoms with Crippen LogP contribution in [0, 0.1) is 17.2 Å². The lowest BCUT2D eigenvalue weighted by Gasteiger charge is -2.34. The zero-order chi connectivity index (χ0) is 19.2. The average Bonchev–Trinajstić information content (AvgIpc) is 2.70. The van der Waals surface area contributed by atoms with Crippen LogP contribution in [0.2, 0.25) is 0 Å². The van der Waals surface area contributed by atoms with E-state index in [1.54, 1.807) is 4.90 Å². The van der Waals surface area contributed by atoms with Crippen molar-refractivity contribution in [3.05, 3.63) is 35.4 Å². The first-order valence-corrected chi connectivity index (χ1v) is 10.5. The Kier molecular flexibility index (Phi) is 6.87. The second-order valence-electron chi connectivity index (χ2n) is 8.49. The van der Waals surface area contributed by atoms with Gasteiger partial charge in [0.2, 0.25) is 0 Å². The molecule has 5 nitrogen and oxygen atoms in total. The van der Waals surface area contributed by atoms with Crippen LogP contribution in [0.3, 0.4) is 0 Å². The van der Waals surface area contributed by atoms with Crippen molar-refractivity contribution in [3.8, 4) is 6.07 Å². The van der Waals surface area contributed by atoms with Gasteiger partial charge in [-0.05, 0) is 37.8 Å². The predicted molar refractivity (Wildman–Crippen MR) is 105 cm³/mol. The molecule has 3 rings (SSSR count). The van der Waals surface area contributed by atoms with Gasteiger partial charge < -0.3 is 15.1 Å². The van der Waals surface area contributed by atoms with E-state index in [4.69, 9.17) is 5.26 Å². The van der Waals surface area contributed by atoms with Crippen LogP contribution in [0.1, 0.15) is 50.7 Å². The molecule has 0 bridgehead atoms. The van der Waals surface area contributed by atoms with Gasteiger partial charge in [-0.1, -0.05) is 31.9 Å². The minimum Gasteiger partial charge on any atom is -0.348 e. The van der Waals surface area contributed by atoms with Crippen molar-refractivity contribution in [1.82, 2.24) is 5.32 Å². The lowest BCUT2D eigenvalue weighted by atomic mass is 9.86. The summed E-state index contributed by atoms with van der Waals surface area (Å²) in [7, 11) is 0. The third-order valence-corrected chi connectivity index (χ3v) is 6.58. The molecule has 1 saturated carbocycles. The fourth-order valence-corrected chi connectivity index (χ4v) is 4.54. The Morgan fingerprint density at radius 3 is 2.48 bits per heavy atom. The Hall–Kier alpha value is -1.90. The quantitative estimate of drug-likeness (QED) is 0.679. The first-order chi connectivity index (χ1) is 13.1. The Bertz CT molecular complexity index is 658. The number of nitrogens with one attached hydrogen (secondary N) is 3. The van der Waals surface area contributed by atoms with Crippen LogP contribution in [0.15, 0.2) is 24.3 Å². The van der Waals surface area contributed by atoms with Gasteiger partial charge in [-0.3, -0.25) is 4.79 Å². The summed E-state index contributed by atoms with van der Waals surface area (Å²) in [5.74, 6) is 0.845. The highest BCUT2D eigenvalue weighted by Gasteiger charge is 2.33. The van der Waals surface area contributed by atoms with Crippen LogP contribution in [0.5, 0.6) is 0 Å². The highest BCUT2D eigenvalue weighted by molar-refractivity contribution is 5.80. The first-order valence-electron chi connectivity index (χ1n) is 10.5. The van der Waals surface area contributed by atoms with E-state index in [2.05, 4.69) is 37.4 Å². The van der Waals surface area contributed by atoms with E-state index in [0.717, 1.165) is 44.7 Å². The first kappa shape index (κ1) is 19.9. The molecule has 0 aromatic heterocycles. The molecular weight excluding hydrogens is 336 g/mol.